The van der Waals surface area contributed by atoms with E-state index in [0.29, 0.717) is 22.1 Å². The topological polar surface area (TPSA) is 102 Å². The minimum Gasteiger partial charge on any atom is -0.496 e. The van der Waals surface area contributed by atoms with Crippen molar-refractivity contribution in [3.05, 3.63) is 71.4 Å². The Kier molecular flexibility index (Phi) is 3.92. The third kappa shape index (κ3) is 2.73. The first-order chi connectivity index (χ1) is 13.1. The Hall–Kier alpha value is -3.94. The Bertz CT molecular complexity index is 1040. The number of amides is 2. The number of hydroxylamine groups is 2. The van der Waals surface area contributed by atoms with Gasteiger partial charge in [-0.2, -0.15) is 5.10 Å². The smallest absolute Gasteiger partial charge is 0.381 e. The van der Waals surface area contributed by atoms with Crippen LogP contribution in [0, 0.1) is 0 Å². The fraction of sp³-hybridized carbons (Fsp3) is 0.0526. The van der Waals surface area contributed by atoms with Gasteiger partial charge in [0.1, 0.15) is 11.4 Å². The highest BCUT2D eigenvalue weighted by atomic mass is 16.7. The molecule has 1 aliphatic heterocycles. The van der Waals surface area contributed by atoms with E-state index in [4.69, 9.17) is 9.57 Å². The molecule has 0 atom stereocenters. The van der Waals surface area contributed by atoms with E-state index >= 15 is 0 Å². The number of aromatic amines is 1. The number of H-pyrrole nitrogens is 1. The van der Waals surface area contributed by atoms with E-state index < -0.39 is 17.8 Å². The minimum atomic E-state index is -0.904. The van der Waals surface area contributed by atoms with E-state index in [1.807, 2.05) is 12.1 Å². The van der Waals surface area contributed by atoms with E-state index in [2.05, 4.69) is 10.2 Å². The van der Waals surface area contributed by atoms with Crippen molar-refractivity contribution in [1.82, 2.24) is 15.3 Å². The monoisotopic (exact) mass is 363 g/mol. The number of hydrogen-bond donors (Lipinski definition) is 1. The largest absolute Gasteiger partial charge is 0.496 e. The Morgan fingerprint density at radius 2 is 1.56 bits per heavy atom. The summed E-state index contributed by atoms with van der Waals surface area (Å²) < 4.78 is 5.27. The molecule has 134 valence electrons. The summed E-state index contributed by atoms with van der Waals surface area (Å²) in [5.74, 6) is -1.69. The molecule has 0 spiro atoms. The van der Waals surface area contributed by atoms with Gasteiger partial charge in [0.25, 0.3) is 11.8 Å². The Morgan fingerprint density at radius 1 is 0.963 bits per heavy atom. The van der Waals surface area contributed by atoms with Gasteiger partial charge in [0.2, 0.25) is 0 Å². The van der Waals surface area contributed by atoms with Crippen molar-refractivity contribution in [3.8, 4) is 17.0 Å². The average Bonchev–Trinajstić information content (AvgIpc) is 3.28. The lowest BCUT2D eigenvalue weighted by atomic mass is 10.1. The maximum Gasteiger partial charge on any atom is 0.381 e. The van der Waals surface area contributed by atoms with Crippen LogP contribution < -0.4 is 4.74 Å². The van der Waals surface area contributed by atoms with Gasteiger partial charge in [0.05, 0.1) is 23.9 Å². The lowest BCUT2D eigenvalue weighted by molar-refractivity contribution is -0.0588. The summed E-state index contributed by atoms with van der Waals surface area (Å²) in [4.78, 5) is 41.9. The van der Waals surface area contributed by atoms with Crippen molar-refractivity contribution in [3.63, 3.8) is 0 Å². The van der Waals surface area contributed by atoms with E-state index in [1.165, 1.54) is 25.3 Å². The predicted molar refractivity (Wildman–Crippen MR) is 92.9 cm³/mol. The van der Waals surface area contributed by atoms with Gasteiger partial charge in [-0.25, -0.2) is 4.79 Å². The number of ether oxygens (including phenoxy) is 1. The molecule has 0 saturated carbocycles. The van der Waals surface area contributed by atoms with Gasteiger partial charge in [-0.05, 0) is 30.3 Å². The molecule has 2 heterocycles. The van der Waals surface area contributed by atoms with Crippen LogP contribution in [0.25, 0.3) is 11.3 Å². The lowest BCUT2D eigenvalue weighted by Crippen LogP contribution is -2.32. The predicted octanol–water partition coefficient (Wildman–Crippen LogP) is 2.45. The molecular formula is C19H13N3O5. The first-order valence-corrected chi connectivity index (χ1v) is 7.99. The molecule has 0 fully saturated rings. The van der Waals surface area contributed by atoms with Gasteiger partial charge in [0, 0.05) is 5.56 Å². The van der Waals surface area contributed by atoms with Crippen LogP contribution in [0.3, 0.4) is 0 Å². The molecule has 27 heavy (non-hydrogen) atoms. The number of benzene rings is 2. The van der Waals surface area contributed by atoms with Crippen molar-refractivity contribution >= 4 is 17.8 Å². The highest BCUT2D eigenvalue weighted by Gasteiger charge is 2.39. The van der Waals surface area contributed by atoms with Gasteiger partial charge in [0.15, 0.2) is 0 Å². The molecule has 0 radical (unpaired) electrons. The van der Waals surface area contributed by atoms with Crippen molar-refractivity contribution in [2.24, 2.45) is 0 Å². The van der Waals surface area contributed by atoms with Crippen molar-refractivity contribution in [2.75, 3.05) is 7.11 Å². The molecule has 2 aromatic carbocycles. The Labute approximate surface area is 153 Å². The maximum atomic E-state index is 12.4. The number of fused-ring (bicyclic) bond motifs is 1. The summed E-state index contributed by atoms with van der Waals surface area (Å²) in [5.41, 5.74) is 1.51. The van der Waals surface area contributed by atoms with Gasteiger partial charge in [-0.15, -0.1) is 0 Å². The minimum absolute atomic E-state index is 0.00698. The van der Waals surface area contributed by atoms with Crippen LogP contribution in [0.15, 0.2) is 54.6 Å². The zero-order chi connectivity index (χ0) is 19.0. The third-order valence-electron chi connectivity index (χ3n) is 4.11. The van der Waals surface area contributed by atoms with E-state index in [1.54, 1.807) is 24.3 Å². The Morgan fingerprint density at radius 3 is 2.19 bits per heavy atom. The third-order valence-corrected chi connectivity index (χ3v) is 4.11. The lowest BCUT2D eigenvalue weighted by Gasteiger charge is -2.11. The zero-order valence-electron chi connectivity index (χ0n) is 14.1. The molecule has 1 aromatic heterocycles. The van der Waals surface area contributed by atoms with Crippen molar-refractivity contribution in [1.29, 1.82) is 0 Å². The van der Waals surface area contributed by atoms with Crippen LogP contribution in [0.1, 0.15) is 31.2 Å². The maximum absolute atomic E-state index is 12.4. The van der Waals surface area contributed by atoms with Crippen LogP contribution in [-0.2, 0) is 4.84 Å². The fourth-order valence-electron chi connectivity index (χ4n) is 2.80. The summed E-state index contributed by atoms with van der Waals surface area (Å²) in [7, 11) is 1.53. The number of nitrogens with one attached hydrogen (secondary N) is 1. The van der Waals surface area contributed by atoms with Crippen LogP contribution in [0.5, 0.6) is 5.75 Å². The number of carbonyl (C=O) groups is 3. The first kappa shape index (κ1) is 16.5. The molecular weight excluding hydrogens is 350 g/mol. The number of para-hydroxylation sites is 1. The number of methoxy groups -OCH3 is 1. The van der Waals surface area contributed by atoms with Crippen LogP contribution >= 0.6 is 0 Å². The fourth-order valence-corrected chi connectivity index (χ4v) is 2.80. The summed E-state index contributed by atoms with van der Waals surface area (Å²) in [5, 5.41) is 7.08. The average molecular weight is 363 g/mol. The Balaban J connectivity index is 1.56. The number of rotatable bonds is 4. The van der Waals surface area contributed by atoms with Gasteiger partial charge in [-0.3, -0.25) is 14.7 Å². The zero-order valence-corrected chi connectivity index (χ0v) is 14.1. The normalized spacial score (nSPS) is 12.9. The molecule has 0 aliphatic carbocycles. The summed E-state index contributed by atoms with van der Waals surface area (Å²) in [6, 6.07) is 14.9. The number of aromatic nitrogens is 2. The molecule has 0 saturated heterocycles. The van der Waals surface area contributed by atoms with Crippen LogP contribution in [0.2, 0.25) is 0 Å². The number of nitrogens with zero attached hydrogens (tertiary/aromatic N) is 2. The number of hydrogen-bond acceptors (Lipinski definition) is 6. The standard InChI is InChI=1S/C19H13N3O5/c1-26-16-9-5-4-8-13(16)14-10-15(21-20-14)19(25)27-22-17(23)11-6-2-3-7-12(11)18(22)24/h2-10H,1H3,(H,20,21). The van der Waals surface area contributed by atoms with Crippen LogP contribution in [-0.4, -0.2) is 40.2 Å². The summed E-state index contributed by atoms with van der Waals surface area (Å²) >= 11 is 0. The van der Waals surface area contributed by atoms with E-state index in [-0.39, 0.29) is 16.8 Å². The summed E-state index contributed by atoms with van der Waals surface area (Å²) in [6.07, 6.45) is 0. The summed E-state index contributed by atoms with van der Waals surface area (Å²) in [6.45, 7) is 0. The molecule has 1 aliphatic rings. The van der Waals surface area contributed by atoms with Crippen molar-refractivity contribution < 1.29 is 24.0 Å². The SMILES string of the molecule is COc1ccccc1-c1cc(C(=O)ON2C(=O)c3ccccc3C2=O)[nH]n1. The van der Waals surface area contributed by atoms with Crippen LogP contribution in [0.4, 0.5) is 0 Å². The molecule has 8 nitrogen and oxygen atoms in total. The quantitative estimate of drug-likeness (QED) is 0.715. The molecule has 2 amide bonds. The van der Waals surface area contributed by atoms with Gasteiger partial charge >= 0.3 is 5.97 Å². The highest BCUT2D eigenvalue weighted by molar-refractivity contribution is 6.21. The van der Waals surface area contributed by atoms with Gasteiger partial charge < -0.3 is 9.57 Å². The first-order valence-electron chi connectivity index (χ1n) is 7.99. The molecule has 1 N–H and O–H groups in total. The van der Waals surface area contributed by atoms with Gasteiger partial charge in [-0.1, -0.05) is 29.3 Å². The van der Waals surface area contributed by atoms with E-state index in [9.17, 15) is 14.4 Å². The highest BCUT2D eigenvalue weighted by Crippen LogP contribution is 2.29. The molecule has 8 heteroatoms. The second-order valence-corrected chi connectivity index (χ2v) is 5.70. The number of imide groups is 1. The second-order valence-electron chi connectivity index (χ2n) is 5.70. The molecule has 4 rings (SSSR count). The molecule has 0 bridgehead atoms. The molecule has 0 unspecified atom stereocenters. The molecule has 3 aromatic rings. The van der Waals surface area contributed by atoms with Crippen molar-refractivity contribution in [2.45, 2.75) is 0 Å². The van der Waals surface area contributed by atoms with E-state index in [0.717, 1.165) is 0 Å². The number of carbonyl (C=O) groups excluding carboxylic acids is 3. The second kappa shape index (κ2) is 6.41.